The van der Waals surface area contributed by atoms with Crippen LogP contribution in [0.25, 0.3) is 0 Å². The second-order valence-electron chi connectivity index (χ2n) is 3.95. The highest BCUT2D eigenvalue weighted by Gasteiger charge is 2.27. The topological polar surface area (TPSA) is 54.4 Å². The van der Waals surface area contributed by atoms with Crippen molar-refractivity contribution in [1.29, 1.82) is 0 Å². The van der Waals surface area contributed by atoms with Crippen molar-refractivity contribution in [3.05, 3.63) is 29.3 Å². The first-order valence-corrected chi connectivity index (χ1v) is 5.84. The molecule has 0 heterocycles. The van der Waals surface area contributed by atoms with Crippen molar-refractivity contribution in [2.75, 3.05) is 0 Å². The van der Waals surface area contributed by atoms with E-state index in [2.05, 4.69) is 0 Å². The molecule has 0 bridgehead atoms. The molecule has 0 saturated heterocycles. The largest absolute Gasteiger partial charge is 0.294 e. The van der Waals surface area contributed by atoms with Gasteiger partial charge in [0.1, 0.15) is 10.6 Å². The molecule has 0 saturated carbocycles. The molecule has 0 amide bonds. The number of hydrogen-bond acceptors (Lipinski definition) is 2. The van der Waals surface area contributed by atoms with Crippen LogP contribution in [-0.2, 0) is 15.8 Å². The van der Waals surface area contributed by atoms with Crippen LogP contribution >= 0.6 is 0 Å². The Hall–Kier alpha value is -0.940. The van der Waals surface area contributed by atoms with E-state index in [0.717, 1.165) is 5.56 Å². The lowest BCUT2D eigenvalue weighted by atomic mass is 9.98. The summed E-state index contributed by atoms with van der Waals surface area (Å²) in [6, 6.07) is 4.14. The first-order chi connectivity index (χ1) is 6.62. The van der Waals surface area contributed by atoms with Gasteiger partial charge in [0, 0.05) is 5.56 Å². The highest BCUT2D eigenvalue weighted by molar-refractivity contribution is 7.85. The van der Waals surface area contributed by atoms with E-state index in [4.69, 9.17) is 4.55 Å². The van der Waals surface area contributed by atoms with Crippen molar-refractivity contribution in [1.82, 2.24) is 0 Å². The molecule has 1 aromatic carbocycles. The summed E-state index contributed by atoms with van der Waals surface area (Å²) in [6.07, 6.45) is 0. The van der Waals surface area contributed by atoms with E-state index in [-0.39, 0.29) is 10.5 Å². The van der Waals surface area contributed by atoms with Crippen LogP contribution in [0.1, 0.15) is 25.0 Å². The molecule has 0 spiro atoms. The Balaban J connectivity index is 3.55. The highest BCUT2D eigenvalue weighted by Crippen LogP contribution is 2.31. The molecule has 5 heteroatoms. The molecule has 1 N–H and O–H groups in total. The minimum atomic E-state index is -4.37. The van der Waals surface area contributed by atoms with Crippen LogP contribution in [-0.4, -0.2) is 13.0 Å². The molecular formula is C10H13FO3S. The molecule has 0 unspecified atom stereocenters. The highest BCUT2D eigenvalue weighted by atomic mass is 32.2. The molecule has 0 aliphatic carbocycles. The predicted molar refractivity (Wildman–Crippen MR) is 55.1 cm³/mol. The number of aryl methyl sites for hydroxylation is 1. The molecule has 0 radical (unpaired) electrons. The normalized spacial score (nSPS) is 12.9. The fraction of sp³-hybridized carbons (Fsp3) is 0.400. The minimum Gasteiger partial charge on any atom is -0.282 e. The summed E-state index contributed by atoms with van der Waals surface area (Å²) in [6.45, 7) is 4.22. The van der Waals surface area contributed by atoms with Gasteiger partial charge in [0.15, 0.2) is 0 Å². The molecule has 0 atom stereocenters. The predicted octanol–water partition coefficient (Wildman–Crippen LogP) is 2.45. The van der Waals surface area contributed by atoms with Crippen molar-refractivity contribution in [2.24, 2.45) is 0 Å². The average Bonchev–Trinajstić information content (AvgIpc) is 2.00. The van der Waals surface area contributed by atoms with Crippen LogP contribution in [0.3, 0.4) is 0 Å². The van der Waals surface area contributed by atoms with Crippen molar-refractivity contribution < 1.29 is 17.4 Å². The Morgan fingerprint density at radius 3 is 2.27 bits per heavy atom. The van der Waals surface area contributed by atoms with Crippen molar-refractivity contribution in [3.63, 3.8) is 0 Å². The zero-order valence-electron chi connectivity index (χ0n) is 8.78. The van der Waals surface area contributed by atoms with Gasteiger partial charge in [-0.15, -0.1) is 0 Å². The number of alkyl halides is 1. The summed E-state index contributed by atoms with van der Waals surface area (Å²) < 4.78 is 44.6. The molecule has 1 aromatic rings. The van der Waals surface area contributed by atoms with E-state index < -0.39 is 15.8 Å². The first-order valence-electron chi connectivity index (χ1n) is 4.40. The maximum absolute atomic E-state index is 13.7. The SMILES string of the molecule is Cc1ccc(S(=O)(=O)O)c(C(C)(C)F)c1. The van der Waals surface area contributed by atoms with Gasteiger partial charge in [-0.25, -0.2) is 4.39 Å². The summed E-state index contributed by atoms with van der Waals surface area (Å²) in [5, 5.41) is 0. The molecule has 1 rings (SSSR count). The zero-order valence-corrected chi connectivity index (χ0v) is 9.60. The van der Waals surface area contributed by atoms with Crippen molar-refractivity contribution in [2.45, 2.75) is 31.3 Å². The van der Waals surface area contributed by atoms with Crippen LogP contribution < -0.4 is 0 Å². The van der Waals surface area contributed by atoms with E-state index >= 15 is 0 Å². The Kier molecular flexibility index (Phi) is 2.89. The van der Waals surface area contributed by atoms with Crippen LogP contribution in [0, 0.1) is 6.92 Å². The second kappa shape index (κ2) is 3.57. The van der Waals surface area contributed by atoms with E-state index in [0.29, 0.717) is 0 Å². The summed E-state index contributed by atoms with van der Waals surface area (Å²) in [7, 11) is -4.37. The van der Waals surface area contributed by atoms with Gasteiger partial charge in [0.25, 0.3) is 10.1 Å². The second-order valence-corrected chi connectivity index (χ2v) is 5.34. The third kappa shape index (κ3) is 2.76. The van der Waals surface area contributed by atoms with Gasteiger partial charge in [-0.3, -0.25) is 4.55 Å². The summed E-state index contributed by atoms with van der Waals surface area (Å²) in [4.78, 5) is -0.374. The Morgan fingerprint density at radius 1 is 1.33 bits per heavy atom. The maximum atomic E-state index is 13.7. The molecule has 0 aliphatic heterocycles. The summed E-state index contributed by atoms with van der Waals surface area (Å²) >= 11 is 0. The van der Waals surface area contributed by atoms with Gasteiger partial charge in [0.2, 0.25) is 0 Å². The van der Waals surface area contributed by atoms with Gasteiger partial charge in [0.05, 0.1) is 0 Å². The van der Waals surface area contributed by atoms with Crippen molar-refractivity contribution >= 4 is 10.1 Å². The van der Waals surface area contributed by atoms with E-state index in [1.54, 1.807) is 6.92 Å². The Labute approximate surface area is 88.7 Å². The number of rotatable bonds is 2. The van der Waals surface area contributed by atoms with E-state index in [9.17, 15) is 12.8 Å². The molecule has 15 heavy (non-hydrogen) atoms. The Morgan fingerprint density at radius 2 is 1.87 bits per heavy atom. The molecule has 84 valence electrons. The van der Waals surface area contributed by atoms with Gasteiger partial charge >= 0.3 is 0 Å². The molecule has 0 aromatic heterocycles. The van der Waals surface area contributed by atoms with E-state index in [1.165, 1.54) is 32.0 Å². The number of halogens is 1. The van der Waals surface area contributed by atoms with Crippen LogP contribution in [0.4, 0.5) is 4.39 Å². The molecular weight excluding hydrogens is 219 g/mol. The standard InChI is InChI=1S/C10H13FO3S/c1-7-4-5-9(15(12,13)14)8(6-7)10(2,3)11/h4-6H,1-3H3,(H,12,13,14). The van der Waals surface area contributed by atoms with Crippen LogP contribution in [0.5, 0.6) is 0 Å². The lowest BCUT2D eigenvalue weighted by Gasteiger charge is -2.18. The summed E-state index contributed by atoms with van der Waals surface area (Å²) in [5.74, 6) is 0. The number of hydrogen-bond donors (Lipinski definition) is 1. The maximum Gasteiger partial charge on any atom is 0.294 e. The molecule has 0 fully saturated rings. The third-order valence-corrected chi connectivity index (χ3v) is 2.97. The molecule has 0 aliphatic rings. The zero-order chi connectivity index (χ0) is 11.9. The van der Waals surface area contributed by atoms with Gasteiger partial charge in [-0.1, -0.05) is 17.7 Å². The lowest BCUT2D eigenvalue weighted by molar-refractivity contribution is 0.216. The smallest absolute Gasteiger partial charge is 0.282 e. The fourth-order valence-corrected chi connectivity index (χ4v) is 2.15. The monoisotopic (exact) mass is 232 g/mol. The van der Waals surface area contributed by atoms with Crippen LogP contribution in [0.2, 0.25) is 0 Å². The van der Waals surface area contributed by atoms with Crippen molar-refractivity contribution in [3.8, 4) is 0 Å². The fourth-order valence-electron chi connectivity index (χ4n) is 1.33. The quantitative estimate of drug-likeness (QED) is 0.797. The Bertz CT molecular complexity index is 472. The minimum absolute atomic E-state index is 0.0231. The average molecular weight is 232 g/mol. The van der Waals surface area contributed by atoms with Gasteiger partial charge in [-0.05, 0) is 26.8 Å². The van der Waals surface area contributed by atoms with Crippen LogP contribution in [0.15, 0.2) is 23.1 Å². The number of benzene rings is 1. The van der Waals surface area contributed by atoms with E-state index in [1.807, 2.05) is 0 Å². The lowest BCUT2D eigenvalue weighted by Crippen LogP contribution is -2.15. The first kappa shape index (κ1) is 12.1. The third-order valence-electron chi connectivity index (χ3n) is 2.05. The van der Waals surface area contributed by atoms with Gasteiger partial charge < -0.3 is 0 Å². The van der Waals surface area contributed by atoms with Gasteiger partial charge in [-0.2, -0.15) is 8.42 Å². The summed E-state index contributed by atoms with van der Waals surface area (Å²) in [5.41, 5.74) is -1.09. The molecule has 3 nitrogen and oxygen atoms in total.